The lowest BCUT2D eigenvalue weighted by molar-refractivity contribution is -0.124. The van der Waals surface area contributed by atoms with Gasteiger partial charge in [0.15, 0.2) is 14.6 Å². The highest BCUT2D eigenvalue weighted by Crippen LogP contribution is 2.42. The highest BCUT2D eigenvalue weighted by Gasteiger charge is 2.49. The molecule has 1 aliphatic carbocycles. The molecule has 5 nitrogen and oxygen atoms in total. The first kappa shape index (κ1) is 18.7. The maximum Gasteiger partial charge on any atom is 0.241 e. The Balaban J connectivity index is 2.09. The molecule has 0 aromatic rings. The number of rotatable bonds is 6. The molecule has 0 bridgehead atoms. The summed E-state index contributed by atoms with van der Waals surface area (Å²) in [5.41, 5.74) is 0.162. The van der Waals surface area contributed by atoms with Crippen LogP contribution in [-0.4, -0.2) is 45.0 Å². The zero-order valence-electron chi connectivity index (χ0n) is 14.8. The number of sulfone groups is 1. The molecule has 2 rings (SSSR count). The Bertz CT molecular complexity index is 516. The van der Waals surface area contributed by atoms with Crippen LogP contribution in [0.25, 0.3) is 0 Å². The monoisotopic (exact) mass is 344 g/mol. The van der Waals surface area contributed by atoms with Crippen LogP contribution in [0.4, 0.5) is 0 Å². The third-order valence-electron chi connectivity index (χ3n) is 5.66. The van der Waals surface area contributed by atoms with Crippen molar-refractivity contribution >= 4 is 15.7 Å². The first-order valence-corrected chi connectivity index (χ1v) is 10.8. The Hall–Kier alpha value is -0.620. The highest BCUT2D eigenvalue weighted by molar-refractivity contribution is 7.92. The second-order valence-electron chi connectivity index (χ2n) is 8.00. The predicted octanol–water partition coefficient (Wildman–Crippen LogP) is 1.88. The molecule has 1 heterocycles. The maximum atomic E-state index is 12.8. The second kappa shape index (κ2) is 7.09. The molecule has 0 unspecified atom stereocenters. The van der Waals surface area contributed by atoms with Gasteiger partial charge in [-0.25, -0.2) is 8.42 Å². The van der Waals surface area contributed by atoms with E-state index in [1.165, 1.54) is 19.1 Å². The molecule has 2 fully saturated rings. The fourth-order valence-corrected chi connectivity index (χ4v) is 5.82. The summed E-state index contributed by atoms with van der Waals surface area (Å²) < 4.78 is 23.4. The fraction of sp³-hybridized carbons (Fsp3) is 0.941. The van der Waals surface area contributed by atoms with Gasteiger partial charge in [-0.05, 0) is 56.5 Å². The Morgan fingerprint density at radius 1 is 1.13 bits per heavy atom. The van der Waals surface area contributed by atoms with Crippen LogP contribution in [0, 0.1) is 11.3 Å². The van der Waals surface area contributed by atoms with Crippen molar-refractivity contribution < 1.29 is 13.2 Å². The lowest BCUT2D eigenvalue weighted by Gasteiger charge is -2.37. The molecule has 23 heavy (non-hydrogen) atoms. The highest BCUT2D eigenvalue weighted by atomic mass is 32.2. The number of carbonyl (C=O) groups is 1. The number of amides is 1. The van der Waals surface area contributed by atoms with E-state index < -0.39 is 14.6 Å². The zero-order chi connectivity index (χ0) is 17.1. The van der Waals surface area contributed by atoms with Crippen molar-refractivity contribution in [3.63, 3.8) is 0 Å². The normalized spacial score (nSPS) is 23.8. The van der Waals surface area contributed by atoms with Crippen molar-refractivity contribution in [2.45, 2.75) is 63.5 Å². The smallest absolute Gasteiger partial charge is 0.241 e. The minimum Gasteiger partial charge on any atom is -0.354 e. The molecule has 1 aliphatic heterocycles. The molecule has 0 aromatic heterocycles. The van der Waals surface area contributed by atoms with Gasteiger partial charge in [0.05, 0.1) is 0 Å². The quantitative estimate of drug-likeness (QED) is 0.771. The van der Waals surface area contributed by atoms with Crippen LogP contribution in [0.2, 0.25) is 0 Å². The Labute approximate surface area is 140 Å². The summed E-state index contributed by atoms with van der Waals surface area (Å²) in [6.45, 7) is 6.21. The number of carbonyl (C=O) groups excluding carboxylic acids is 1. The molecular formula is C17H32N2O3S. The van der Waals surface area contributed by atoms with Crippen LogP contribution >= 0.6 is 0 Å². The number of hydrogen-bond donors (Lipinski definition) is 2. The van der Waals surface area contributed by atoms with Crippen LogP contribution in [0.5, 0.6) is 0 Å². The van der Waals surface area contributed by atoms with Crippen molar-refractivity contribution in [2.75, 3.05) is 25.9 Å². The van der Waals surface area contributed by atoms with E-state index in [9.17, 15) is 13.2 Å². The van der Waals surface area contributed by atoms with E-state index in [2.05, 4.69) is 24.5 Å². The van der Waals surface area contributed by atoms with Gasteiger partial charge in [0.2, 0.25) is 5.91 Å². The lowest BCUT2D eigenvalue weighted by Crippen LogP contribution is -2.58. The number of nitrogens with one attached hydrogen (secondary N) is 2. The van der Waals surface area contributed by atoms with Gasteiger partial charge in [-0.15, -0.1) is 0 Å². The van der Waals surface area contributed by atoms with Gasteiger partial charge in [0, 0.05) is 12.8 Å². The molecule has 0 radical (unpaired) electrons. The van der Waals surface area contributed by atoms with Crippen LogP contribution in [-0.2, 0) is 14.6 Å². The average Bonchev–Trinajstić information content (AvgIpc) is 2.92. The van der Waals surface area contributed by atoms with Crippen LogP contribution in [0.3, 0.4) is 0 Å². The molecule has 6 heteroatoms. The summed E-state index contributed by atoms with van der Waals surface area (Å²) >= 11 is 0. The van der Waals surface area contributed by atoms with E-state index >= 15 is 0 Å². The van der Waals surface area contributed by atoms with Gasteiger partial charge >= 0.3 is 0 Å². The van der Waals surface area contributed by atoms with Gasteiger partial charge in [-0.3, -0.25) is 4.79 Å². The minimum absolute atomic E-state index is 0.162. The standard InChI is InChI=1S/C17H32N2O3S/c1-14(2)12-16(6-4-5-7-16)13-19-15(20)17(23(3,21)22)8-10-18-11-9-17/h14,18H,4-13H2,1-3H3,(H,19,20). The second-order valence-corrected chi connectivity index (χ2v) is 10.3. The third-order valence-corrected chi connectivity index (χ3v) is 7.68. The third kappa shape index (κ3) is 4.08. The Morgan fingerprint density at radius 2 is 1.70 bits per heavy atom. The largest absolute Gasteiger partial charge is 0.354 e. The van der Waals surface area contributed by atoms with Crippen molar-refractivity contribution in [3.05, 3.63) is 0 Å². The Morgan fingerprint density at radius 3 is 2.17 bits per heavy atom. The summed E-state index contributed by atoms with van der Waals surface area (Å²) in [5.74, 6) is 0.310. The summed E-state index contributed by atoms with van der Waals surface area (Å²) in [6.07, 6.45) is 7.74. The van der Waals surface area contributed by atoms with Gasteiger partial charge in [0.25, 0.3) is 0 Å². The molecule has 0 aromatic carbocycles. The summed E-state index contributed by atoms with van der Waals surface area (Å²) in [6, 6.07) is 0. The van der Waals surface area contributed by atoms with E-state index in [1.54, 1.807) is 0 Å². The molecule has 134 valence electrons. The van der Waals surface area contributed by atoms with Crippen LogP contribution in [0.15, 0.2) is 0 Å². The number of hydrogen-bond acceptors (Lipinski definition) is 4. The topological polar surface area (TPSA) is 75.3 Å². The summed E-state index contributed by atoms with van der Waals surface area (Å²) in [5, 5.41) is 6.19. The van der Waals surface area contributed by atoms with Gasteiger partial charge < -0.3 is 10.6 Å². The van der Waals surface area contributed by atoms with E-state index in [4.69, 9.17) is 0 Å². The molecular weight excluding hydrogens is 312 g/mol. The van der Waals surface area contributed by atoms with Gasteiger partial charge in [-0.2, -0.15) is 0 Å². The molecule has 1 saturated heterocycles. The molecule has 1 saturated carbocycles. The van der Waals surface area contributed by atoms with Gasteiger partial charge in [0.1, 0.15) is 0 Å². The number of piperidine rings is 1. The fourth-order valence-electron chi connectivity index (χ4n) is 4.47. The summed E-state index contributed by atoms with van der Waals surface area (Å²) in [4.78, 5) is 12.8. The lowest BCUT2D eigenvalue weighted by atomic mass is 9.78. The molecule has 1 amide bonds. The minimum atomic E-state index is -3.43. The van der Waals surface area contributed by atoms with Crippen molar-refractivity contribution in [1.29, 1.82) is 0 Å². The first-order chi connectivity index (χ1) is 10.7. The summed E-state index contributed by atoms with van der Waals surface area (Å²) in [7, 11) is -3.43. The van der Waals surface area contributed by atoms with Crippen LogP contribution < -0.4 is 10.6 Å². The molecule has 2 aliphatic rings. The first-order valence-electron chi connectivity index (χ1n) is 8.89. The van der Waals surface area contributed by atoms with Crippen molar-refractivity contribution in [2.24, 2.45) is 11.3 Å². The molecule has 0 atom stereocenters. The van der Waals surface area contributed by atoms with E-state index in [-0.39, 0.29) is 11.3 Å². The van der Waals surface area contributed by atoms with E-state index in [0.717, 1.165) is 19.3 Å². The maximum absolute atomic E-state index is 12.8. The zero-order valence-corrected chi connectivity index (χ0v) is 15.6. The molecule has 2 N–H and O–H groups in total. The predicted molar refractivity (Wildman–Crippen MR) is 93.0 cm³/mol. The SMILES string of the molecule is CC(C)CC1(CNC(=O)C2(S(C)(=O)=O)CCNCC2)CCCC1. The van der Waals surface area contributed by atoms with Crippen molar-refractivity contribution in [3.8, 4) is 0 Å². The van der Waals surface area contributed by atoms with Crippen LogP contribution in [0.1, 0.15) is 58.8 Å². The Kier molecular flexibility index (Phi) is 5.77. The van der Waals surface area contributed by atoms with E-state index in [0.29, 0.717) is 38.4 Å². The average molecular weight is 345 g/mol. The molecule has 0 spiro atoms. The van der Waals surface area contributed by atoms with E-state index in [1.807, 2.05) is 0 Å². The van der Waals surface area contributed by atoms with Gasteiger partial charge in [-0.1, -0.05) is 26.7 Å². The van der Waals surface area contributed by atoms with Crippen molar-refractivity contribution in [1.82, 2.24) is 10.6 Å².